The molecule has 1 saturated carbocycles. The molecule has 12 heavy (non-hydrogen) atoms. The van der Waals surface area contributed by atoms with Crippen LogP contribution in [0.25, 0.3) is 0 Å². The van der Waals surface area contributed by atoms with E-state index in [1.54, 1.807) is 0 Å². The molecule has 1 heterocycles. The fourth-order valence-electron chi connectivity index (χ4n) is 1.47. The van der Waals surface area contributed by atoms with Gasteiger partial charge in [-0.3, -0.25) is 0 Å². The maximum absolute atomic E-state index is 6.04. The summed E-state index contributed by atoms with van der Waals surface area (Å²) in [7, 11) is 0. The lowest BCUT2D eigenvalue weighted by atomic mass is 10.1. The molecule has 0 atom stereocenters. The van der Waals surface area contributed by atoms with Crippen molar-refractivity contribution < 1.29 is 4.42 Å². The van der Waals surface area contributed by atoms with Gasteiger partial charge < -0.3 is 10.2 Å². The van der Waals surface area contributed by atoms with Gasteiger partial charge in [0.1, 0.15) is 11.5 Å². The molecule has 0 amide bonds. The van der Waals surface area contributed by atoms with Crippen LogP contribution in [0.15, 0.2) is 8.89 Å². The Kier molecular flexibility index (Phi) is 1.64. The van der Waals surface area contributed by atoms with Crippen molar-refractivity contribution in [2.45, 2.75) is 32.2 Å². The summed E-state index contributed by atoms with van der Waals surface area (Å²) in [5.41, 5.74) is 7.04. The number of nitrogens with two attached hydrogens (primary N) is 1. The molecule has 2 nitrogen and oxygen atoms in total. The number of halogens is 1. The first-order valence-corrected chi connectivity index (χ1v) is 4.89. The van der Waals surface area contributed by atoms with E-state index in [1.165, 1.54) is 0 Å². The second kappa shape index (κ2) is 2.36. The van der Waals surface area contributed by atoms with Crippen molar-refractivity contribution >= 4 is 15.9 Å². The van der Waals surface area contributed by atoms with E-state index in [4.69, 9.17) is 10.2 Å². The molecular formula is C9H12BrNO. The summed E-state index contributed by atoms with van der Waals surface area (Å²) in [4.78, 5) is 0. The largest absolute Gasteiger partial charge is 0.463 e. The minimum Gasteiger partial charge on any atom is -0.463 e. The fourth-order valence-corrected chi connectivity index (χ4v) is 1.74. The zero-order chi connectivity index (χ0) is 8.93. The average Bonchev–Trinajstić information content (AvgIpc) is 2.71. The molecule has 1 aromatic heterocycles. The van der Waals surface area contributed by atoms with Crippen LogP contribution in [0.5, 0.6) is 0 Å². The molecule has 0 aliphatic heterocycles. The second-order valence-electron chi connectivity index (χ2n) is 3.58. The van der Waals surface area contributed by atoms with Crippen molar-refractivity contribution in [1.29, 1.82) is 0 Å². The van der Waals surface area contributed by atoms with Crippen molar-refractivity contribution in [3.05, 3.63) is 21.6 Å². The summed E-state index contributed by atoms with van der Waals surface area (Å²) < 4.78 is 6.66. The molecule has 66 valence electrons. The highest BCUT2D eigenvalue weighted by Crippen LogP contribution is 2.46. The number of aryl methyl sites for hydroxylation is 1. The predicted molar refractivity (Wildman–Crippen MR) is 51.0 cm³/mol. The molecule has 0 aromatic carbocycles. The zero-order valence-electron chi connectivity index (χ0n) is 7.28. The van der Waals surface area contributed by atoms with Crippen LogP contribution in [0.4, 0.5) is 0 Å². The van der Waals surface area contributed by atoms with Crippen molar-refractivity contribution in [3.8, 4) is 0 Å². The molecule has 2 N–H and O–H groups in total. The highest BCUT2D eigenvalue weighted by atomic mass is 79.9. The third kappa shape index (κ3) is 1.04. The summed E-state index contributed by atoms with van der Waals surface area (Å²) in [5.74, 6) is 1.89. The van der Waals surface area contributed by atoms with E-state index < -0.39 is 0 Å². The van der Waals surface area contributed by atoms with Crippen molar-refractivity contribution in [1.82, 2.24) is 0 Å². The van der Waals surface area contributed by atoms with Gasteiger partial charge in [0.2, 0.25) is 0 Å². The molecule has 0 radical (unpaired) electrons. The zero-order valence-corrected chi connectivity index (χ0v) is 8.86. The third-order valence-corrected chi connectivity index (χ3v) is 3.63. The average molecular weight is 230 g/mol. The van der Waals surface area contributed by atoms with Crippen LogP contribution in [0.1, 0.15) is 29.9 Å². The molecular weight excluding hydrogens is 218 g/mol. The van der Waals surface area contributed by atoms with Gasteiger partial charge in [0.15, 0.2) is 0 Å². The molecule has 1 aliphatic rings. The quantitative estimate of drug-likeness (QED) is 0.805. The van der Waals surface area contributed by atoms with E-state index in [0.717, 1.165) is 34.4 Å². The Hall–Kier alpha value is -0.280. The summed E-state index contributed by atoms with van der Waals surface area (Å²) in [6, 6.07) is 0. The van der Waals surface area contributed by atoms with Crippen LogP contribution in [0, 0.1) is 13.8 Å². The third-order valence-electron chi connectivity index (χ3n) is 2.47. The highest BCUT2D eigenvalue weighted by molar-refractivity contribution is 9.10. The van der Waals surface area contributed by atoms with E-state index >= 15 is 0 Å². The van der Waals surface area contributed by atoms with Crippen LogP contribution in [-0.2, 0) is 5.54 Å². The summed E-state index contributed by atoms with van der Waals surface area (Å²) >= 11 is 3.47. The first-order valence-electron chi connectivity index (χ1n) is 4.09. The topological polar surface area (TPSA) is 39.2 Å². The smallest absolute Gasteiger partial charge is 0.128 e. The highest BCUT2D eigenvalue weighted by Gasteiger charge is 2.44. The lowest BCUT2D eigenvalue weighted by Gasteiger charge is -2.04. The van der Waals surface area contributed by atoms with Crippen molar-refractivity contribution in [3.63, 3.8) is 0 Å². The molecule has 1 aliphatic carbocycles. The van der Waals surface area contributed by atoms with Gasteiger partial charge in [-0.15, -0.1) is 0 Å². The van der Waals surface area contributed by atoms with Gasteiger partial charge in [-0.05, 0) is 42.6 Å². The summed E-state index contributed by atoms with van der Waals surface area (Å²) in [5, 5.41) is 0. The number of hydrogen-bond donors (Lipinski definition) is 1. The van der Waals surface area contributed by atoms with Crippen LogP contribution in [0.2, 0.25) is 0 Å². The van der Waals surface area contributed by atoms with E-state index in [9.17, 15) is 0 Å². The Labute approximate surface area is 80.3 Å². The van der Waals surface area contributed by atoms with Gasteiger partial charge in [-0.1, -0.05) is 0 Å². The summed E-state index contributed by atoms with van der Waals surface area (Å²) in [6.45, 7) is 4.00. The Balaban J connectivity index is 2.51. The standard InChI is InChI=1S/C9H12BrNO/c1-5-7(10)6(2)12-8(5)9(11)3-4-9/h3-4,11H2,1-2H3. The second-order valence-corrected chi connectivity index (χ2v) is 4.38. The monoisotopic (exact) mass is 229 g/mol. The minimum absolute atomic E-state index is 0.152. The Morgan fingerprint density at radius 3 is 2.33 bits per heavy atom. The molecule has 0 spiro atoms. The maximum atomic E-state index is 6.04. The Morgan fingerprint density at radius 2 is 2.00 bits per heavy atom. The van der Waals surface area contributed by atoms with E-state index in [2.05, 4.69) is 15.9 Å². The van der Waals surface area contributed by atoms with Gasteiger partial charge in [-0.2, -0.15) is 0 Å². The normalized spacial score (nSPS) is 19.7. The molecule has 1 fully saturated rings. The Bertz CT molecular complexity index is 326. The van der Waals surface area contributed by atoms with Gasteiger partial charge in [0, 0.05) is 5.56 Å². The maximum Gasteiger partial charge on any atom is 0.128 e. The van der Waals surface area contributed by atoms with Crippen molar-refractivity contribution in [2.75, 3.05) is 0 Å². The molecule has 0 saturated heterocycles. The predicted octanol–water partition coefficient (Wildman–Crippen LogP) is 2.61. The summed E-state index contributed by atoms with van der Waals surface area (Å²) in [6.07, 6.45) is 2.10. The van der Waals surface area contributed by atoms with Crippen molar-refractivity contribution in [2.24, 2.45) is 5.73 Å². The lowest BCUT2D eigenvalue weighted by Crippen LogP contribution is -2.18. The number of rotatable bonds is 1. The van der Waals surface area contributed by atoms with Gasteiger partial charge in [0.25, 0.3) is 0 Å². The van der Waals surface area contributed by atoms with Gasteiger partial charge in [-0.25, -0.2) is 0 Å². The van der Waals surface area contributed by atoms with E-state index in [0.29, 0.717) is 0 Å². The minimum atomic E-state index is -0.152. The van der Waals surface area contributed by atoms with Crippen LogP contribution >= 0.6 is 15.9 Å². The molecule has 3 heteroatoms. The molecule has 0 unspecified atom stereocenters. The SMILES string of the molecule is Cc1oc(C2(N)CC2)c(C)c1Br. The lowest BCUT2D eigenvalue weighted by molar-refractivity contribution is 0.434. The Morgan fingerprint density at radius 1 is 1.42 bits per heavy atom. The van der Waals surface area contributed by atoms with E-state index in [1.807, 2.05) is 13.8 Å². The van der Waals surface area contributed by atoms with Crippen LogP contribution < -0.4 is 5.73 Å². The van der Waals surface area contributed by atoms with Gasteiger partial charge in [0.05, 0.1) is 10.0 Å². The van der Waals surface area contributed by atoms with Gasteiger partial charge >= 0.3 is 0 Å². The molecule has 1 aromatic rings. The van der Waals surface area contributed by atoms with Crippen LogP contribution in [0.3, 0.4) is 0 Å². The number of hydrogen-bond acceptors (Lipinski definition) is 2. The van der Waals surface area contributed by atoms with E-state index in [-0.39, 0.29) is 5.54 Å². The number of furan rings is 1. The first kappa shape index (κ1) is 8.32. The molecule has 2 rings (SSSR count). The first-order chi connectivity index (χ1) is 5.54. The van der Waals surface area contributed by atoms with Crippen LogP contribution in [-0.4, -0.2) is 0 Å². The molecule has 0 bridgehead atoms. The fraction of sp³-hybridized carbons (Fsp3) is 0.556.